The first-order valence-electron chi connectivity index (χ1n) is 5.38. The normalized spacial score (nSPS) is 10.3. The van der Waals surface area contributed by atoms with E-state index in [0.29, 0.717) is 0 Å². The second-order valence-corrected chi connectivity index (χ2v) is 5.11. The number of benzene rings is 1. The summed E-state index contributed by atoms with van der Waals surface area (Å²) in [6.07, 6.45) is 0. The van der Waals surface area contributed by atoms with E-state index in [0.717, 1.165) is 26.8 Å². The van der Waals surface area contributed by atoms with Crippen molar-refractivity contribution in [3.63, 3.8) is 0 Å². The van der Waals surface area contributed by atoms with Gasteiger partial charge < -0.3 is 5.32 Å². The first-order valence-corrected chi connectivity index (χ1v) is 6.20. The number of carbonyl (C=O) groups is 1. The number of nitrogens with zero attached hydrogens (tertiary/aromatic N) is 1. The van der Waals surface area contributed by atoms with Gasteiger partial charge in [0, 0.05) is 12.6 Å². The Morgan fingerprint density at radius 3 is 2.71 bits per heavy atom. The van der Waals surface area contributed by atoms with Gasteiger partial charge in [0.2, 0.25) is 5.91 Å². The molecule has 0 aliphatic heterocycles. The molecule has 0 fully saturated rings. The highest BCUT2D eigenvalue weighted by Crippen LogP contribution is 2.31. The number of aryl methyl sites for hydroxylation is 2. The van der Waals surface area contributed by atoms with Crippen LogP contribution in [-0.4, -0.2) is 10.9 Å². The van der Waals surface area contributed by atoms with E-state index in [2.05, 4.69) is 10.3 Å². The highest BCUT2D eigenvalue weighted by atomic mass is 32.1. The van der Waals surface area contributed by atoms with Crippen LogP contribution in [0.25, 0.3) is 10.4 Å². The quantitative estimate of drug-likeness (QED) is 0.882. The predicted molar refractivity (Wildman–Crippen MR) is 71.3 cm³/mol. The molecule has 0 aliphatic rings. The zero-order valence-electron chi connectivity index (χ0n) is 10.1. The van der Waals surface area contributed by atoms with Gasteiger partial charge in [-0.3, -0.25) is 4.79 Å². The van der Waals surface area contributed by atoms with Gasteiger partial charge in [0.1, 0.15) is 0 Å². The lowest BCUT2D eigenvalue weighted by Crippen LogP contribution is -2.05. The van der Waals surface area contributed by atoms with Gasteiger partial charge in [-0.15, -0.1) is 11.3 Å². The number of rotatable bonds is 2. The Balaban J connectivity index is 2.39. The summed E-state index contributed by atoms with van der Waals surface area (Å²) in [5.41, 5.74) is 2.95. The van der Waals surface area contributed by atoms with Gasteiger partial charge in [-0.1, -0.05) is 12.1 Å². The summed E-state index contributed by atoms with van der Waals surface area (Å²) >= 11 is 1.67. The van der Waals surface area contributed by atoms with E-state index in [-0.39, 0.29) is 5.91 Å². The number of carbonyl (C=O) groups excluding carboxylic acids is 1. The molecule has 2 rings (SSSR count). The van der Waals surface area contributed by atoms with Crippen LogP contribution >= 0.6 is 11.3 Å². The van der Waals surface area contributed by atoms with Gasteiger partial charge in [-0.25, -0.2) is 4.98 Å². The van der Waals surface area contributed by atoms with Crippen LogP contribution in [0.3, 0.4) is 0 Å². The fraction of sp³-hybridized carbons (Fsp3) is 0.231. The van der Waals surface area contributed by atoms with Crippen molar-refractivity contribution in [2.24, 2.45) is 0 Å². The number of thiazole rings is 1. The third kappa shape index (κ3) is 2.71. The van der Waals surface area contributed by atoms with E-state index in [1.165, 1.54) is 6.92 Å². The highest BCUT2D eigenvalue weighted by Gasteiger charge is 2.08. The van der Waals surface area contributed by atoms with Crippen molar-refractivity contribution in [2.45, 2.75) is 20.8 Å². The molecule has 1 aromatic carbocycles. The molecule has 0 unspecified atom stereocenters. The molecule has 3 nitrogen and oxygen atoms in total. The van der Waals surface area contributed by atoms with Gasteiger partial charge in [0.05, 0.1) is 15.6 Å². The molecule has 88 valence electrons. The number of anilines is 1. The number of nitrogens with one attached hydrogen (secondary N) is 1. The molecule has 1 amide bonds. The predicted octanol–water partition coefficient (Wildman–Crippen LogP) is 3.39. The standard InChI is InChI=1S/C13H14N2OS/c1-8-13(17-10(3)14-8)11-5-4-6-12(7-11)15-9(2)16/h4-7H,1-3H3,(H,15,16). The fourth-order valence-corrected chi connectivity index (χ4v) is 2.66. The third-order valence-electron chi connectivity index (χ3n) is 2.35. The van der Waals surface area contributed by atoms with Crippen LogP contribution in [0.15, 0.2) is 24.3 Å². The summed E-state index contributed by atoms with van der Waals surface area (Å²) in [4.78, 5) is 16.6. The van der Waals surface area contributed by atoms with Crippen molar-refractivity contribution in [1.82, 2.24) is 4.98 Å². The molecule has 0 radical (unpaired) electrons. The molecule has 17 heavy (non-hydrogen) atoms. The summed E-state index contributed by atoms with van der Waals surface area (Å²) in [5, 5.41) is 3.84. The summed E-state index contributed by atoms with van der Waals surface area (Å²) in [7, 11) is 0. The zero-order valence-corrected chi connectivity index (χ0v) is 10.9. The van der Waals surface area contributed by atoms with Crippen molar-refractivity contribution in [2.75, 3.05) is 5.32 Å². The van der Waals surface area contributed by atoms with Crippen molar-refractivity contribution in [1.29, 1.82) is 0 Å². The second kappa shape index (κ2) is 4.67. The number of aromatic nitrogens is 1. The van der Waals surface area contributed by atoms with Gasteiger partial charge in [-0.2, -0.15) is 0 Å². The molecular formula is C13H14N2OS. The average molecular weight is 246 g/mol. The number of hydrogen-bond acceptors (Lipinski definition) is 3. The maximum Gasteiger partial charge on any atom is 0.221 e. The molecule has 0 saturated heterocycles. The van der Waals surface area contributed by atoms with Crippen molar-refractivity contribution < 1.29 is 4.79 Å². The van der Waals surface area contributed by atoms with E-state index in [1.54, 1.807) is 11.3 Å². The molecule has 4 heteroatoms. The molecule has 0 bridgehead atoms. The van der Waals surface area contributed by atoms with Gasteiger partial charge in [-0.05, 0) is 31.5 Å². The second-order valence-electron chi connectivity index (χ2n) is 3.91. The lowest BCUT2D eigenvalue weighted by Gasteiger charge is -2.04. The molecule has 0 aliphatic carbocycles. The average Bonchev–Trinajstić information content (AvgIpc) is 2.57. The zero-order chi connectivity index (χ0) is 12.4. The Bertz CT molecular complexity index is 560. The Morgan fingerprint density at radius 2 is 2.12 bits per heavy atom. The molecular weight excluding hydrogens is 232 g/mol. The van der Waals surface area contributed by atoms with Crippen LogP contribution in [0.5, 0.6) is 0 Å². The lowest BCUT2D eigenvalue weighted by molar-refractivity contribution is -0.114. The molecule has 1 heterocycles. The van der Waals surface area contributed by atoms with E-state index in [1.807, 2.05) is 38.1 Å². The minimum atomic E-state index is -0.0562. The minimum Gasteiger partial charge on any atom is -0.326 e. The summed E-state index contributed by atoms with van der Waals surface area (Å²) in [5.74, 6) is -0.0562. The Labute approximate surface area is 105 Å². The Kier molecular flexibility index (Phi) is 3.24. The lowest BCUT2D eigenvalue weighted by atomic mass is 10.1. The van der Waals surface area contributed by atoms with Crippen molar-refractivity contribution >= 4 is 22.9 Å². The molecule has 0 spiro atoms. The van der Waals surface area contributed by atoms with Crippen LogP contribution < -0.4 is 5.32 Å². The molecule has 0 saturated carbocycles. The van der Waals surface area contributed by atoms with Crippen LogP contribution in [0, 0.1) is 13.8 Å². The van der Waals surface area contributed by atoms with Crippen LogP contribution in [0.2, 0.25) is 0 Å². The van der Waals surface area contributed by atoms with Gasteiger partial charge in [0.15, 0.2) is 0 Å². The van der Waals surface area contributed by atoms with Crippen molar-refractivity contribution in [3.8, 4) is 10.4 Å². The first-order chi connectivity index (χ1) is 8.06. The van der Waals surface area contributed by atoms with Crippen LogP contribution in [0.1, 0.15) is 17.6 Å². The monoisotopic (exact) mass is 246 g/mol. The highest BCUT2D eigenvalue weighted by molar-refractivity contribution is 7.15. The fourth-order valence-electron chi connectivity index (χ4n) is 1.74. The maximum atomic E-state index is 11.0. The number of hydrogen-bond donors (Lipinski definition) is 1. The molecule has 1 N–H and O–H groups in total. The van der Waals surface area contributed by atoms with E-state index in [4.69, 9.17) is 0 Å². The van der Waals surface area contributed by atoms with E-state index < -0.39 is 0 Å². The largest absolute Gasteiger partial charge is 0.326 e. The Hall–Kier alpha value is -1.68. The SMILES string of the molecule is CC(=O)Nc1cccc(-c2sc(C)nc2C)c1. The first kappa shape index (κ1) is 11.8. The smallest absolute Gasteiger partial charge is 0.221 e. The summed E-state index contributed by atoms with van der Waals surface area (Å²) < 4.78 is 0. The third-order valence-corrected chi connectivity index (χ3v) is 3.47. The van der Waals surface area contributed by atoms with Gasteiger partial charge in [0.25, 0.3) is 0 Å². The van der Waals surface area contributed by atoms with Crippen LogP contribution in [0.4, 0.5) is 5.69 Å². The number of amides is 1. The molecule has 2 aromatic rings. The summed E-state index contributed by atoms with van der Waals surface area (Å²) in [6.45, 7) is 5.51. The maximum absolute atomic E-state index is 11.0. The van der Waals surface area contributed by atoms with Gasteiger partial charge >= 0.3 is 0 Å². The molecule has 0 atom stereocenters. The van der Waals surface area contributed by atoms with E-state index >= 15 is 0 Å². The Morgan fingerprint density at radius 1 is 1.35 bits per heavy atom. The van der Waals surface area contributed by atoms with Crippen LogP contribution in [-0.2, 0) is 4.79 Å². The topological polar surface area (TPSA) is 42.0 Å². The minimum absolute atomic E-state index is 0.0562. The molecule has 1 aromatic heterocycles. The van der Waals surface area contributed by atoms with Crippen molar-refractivity contribution in [3.05, 3.63) is 35.0 Å². The summed E-state index contributed by atoms with van der Waals surface area (Å²) in [6, 6.07) is 7.83. The van der Waals surface area contributed by atoms with E-state index in [9.17, 15) is 4.79 Å².